The number of rotatable bonds is 2. The molecule has 0 bridgehead atoms. The van der Waals surface area contributed by atoms with Crippen molar-refractivity contribution in [1.29, 1.82) is 0 Å². The maximum atomic E-state index is 12.6. The highest BCUT2D eigenvalue weighted by Crippen LogP contribution is 2.12. The summed E-state index contributed by atoms with van der Waals surface area (Å²) in [5.41, 5.74) is 2.03. The molecule has 116 valence electrons. The van der Waals surface area contributed by atoms with Crippen molar-refractivity contribution in [2.24, 2.45) is 0 Å². The number of anilines is 1. The summed E-state index contributed by atoms with van der Waals surface area (Å²) >= 11 is 5.70. The molecule has 3 rings (SSSR count). The Bertz CT molecular complexity index is 964. The first-order valence-electron chi connectivity index (χ1n) is 6.88. The van der Waals surface area contributed by atoms with Crippen LogP contribution >= 0.6 is 11.6 Å². The normalized spacial score (nSPS) is 10.7. The zero-order valence-corrected chi connectivity index (χ0v) is 13.3. The van der Waals surface area contributed by atoms with Gasteiger partial charge >= 0.3 is 0 Å². The van der Waals surface area contributed by atoms with Crippen molar-refractivity contribution in [1.82, 2.24) is 14.4 Å². The number of hydrogen-bond donors (Lipinski definition) is 1. The van der Waals surface area contributed by atoms with Crippen molar-refractivity contribution in [2.45, 2.75) is 13.8 Å². The van der Waals surface area contributed by atoms with Gasteiger partial charge in [0, 0.05) is 12.4 Å². The number of nitrogens with one attached hydrogen (secondary N) is 1. The maximum Gasteiger partial charge on any atom is 0.281 e. The van der Waals surface area contributed by atoms with Crippen molar-refractivity contribution in [2.75, 3.05) is 5.32 Å². The molecule has 0 aromatic carbocycles. The molecular weight excluding hydrogens is 316 g/mol. The highest BCUT2D eigenvalue weighted by atomic mass is 35.5. The number of nitrogens with zero attached hydrogens (tertiary/aromatic N) is 3. The molecule has 3 aromatic rings. The van der Waals surface area contributed by atoms with E-state index in [9.17, 15) is 9.59 Å². The van der Waals surface area contributed by atoms with Crippen LogP contribution in [0.4, 0.5) is 5.69 Å². The van der Waals surface area contributed by atoms with Crippen molar-refractivity contribution in [3.63, 3.8) is 0 Å². The minimum absolute atomic E-state index is 0.146. The number of aromatic nitrogens is 3. The van der Waals surface area contributed by atoms with E-state index in [2.05, 4.69) is 15.3 Å². The molecule has 0 unspecified atom stereocenters. The van der Waals surface area contributed by atoms with Crippen LogP contribution in [0.3, 0.4) is 0 Å². The Morgan fingerprint density at radius 1 is 1.22 bits per heavy atom. The van der Waals surface area contributed by atoms with Gasteiger partial charge in [0.05, 0.1) is 11.3 Å². The Hall–Kier alpha value is -2.73. The second-order valence-electron chi connectivity index (χ2n) is 5.14. The number of hydrogen-bond acceptors (Lipinski definition) is 4. The number of carbonyl (C=O) groups is 1. The molecule has 6 nitrogen and oxygen atoms in total. The number of carbonyl (C=O) groups excluding carboxylic acids is 1. The molecule has 3 heterocycles. The summed E-state index contributed by atoms with van der Waals surface area (Å²) in [4.78, 5) is 33.1. The van der Waals surface area contributed by atoms with Gasteiger partial charge in [0.1, 0.15) is 16.5 Å². The van der Waals surface area contributed by atoms with Crippen LogP contribution in [-0.4, -0.2) is 20.3 Å². The monoisotopic (exact) mass is 328 g/mol. The van der Waals surface area contributed by atoms with Gasteiger partial charge in [-0.25, -0.2) is 9.97 Å². The lowest BCUT2D eigenvalue weighted by atomic mass is 10.2. The summed E-state index contributed by atoms with van der Waals surface area (Å²) in [6.45, 7) is 3.56. The second-order valence-corrected chi connectivity index (χ2v) is 5.52. The van der Waals surface area contributed by atoms with E-state index in [1.54, 1.807) is 19.2 Å². The Balaban J connectivity index is 2.04. The largest absolute Gasteiger partial charge is 0.316 e. The SMILES string of the molecule is Cc1ccc2nc(C)c(NC(=O)c3ccc(Cl)nc3)c(=O)n2c1. The van der Waals surface area contributed by atoms with Crippen LogP contribution in [0, 0.1) is 13.8 Å². The van der Waals surface area contributed by atoms with Crippen LogP contribution in [-0.2, 0) is 0 Å². The van der Waals surface area contributed by atoms with Gasteiger partial charge in [-0.2, -0.15) is 0 Å². The fourth-order valence-electron chi connectivity index (χ4n) is 2.20. The van der Waals surface area contributed by atoms with E-state index in [1.165, 1.54) is 22.7 Å². The quantitative estimate of drug-likeness (QED) is 0.734. The van der Waals surface area contributed by atoms with Crippen molar-refractivity contribution in [3.8, 4) is 0 Å². The molecule has 0 aliphatic rings. The van der Waals surface area contributed by atoms with Crippen molar-refractivity contribution >= 4 is 28.8 Å². The van der Waals surface area contributed by atoms with Crippen LogP contribution in [0.15, 0.2) is 41.5 Å². The first-order valence-corrected chi connectivity index (χ1v) is 7.26. The zero-order chi connectivity index (χ0) is 16.6. The Labute approximate surface area is 136 Å². The molecule has 3 aromatic heterocycles. The molecule has 0 saturated heterocycles. The van der Waals surface area contributed by atoms with Crippen molar-refractivity contribution in [3.05, 3.63) is 69.0 Å². The third-order valence-corrected chi connectivity index (χ3v) is 3.60. The van der Waals surface area contributed by atoms with Crippen LogP contribution in [0.25, 0.3) is 5.65 Å². The average Bonchev–Trinajstić information content (AvgIpc) is 2.53. The van der Waals surface area contributed by atoms with Gasteiger partial charge < -0.3 is 5.32 Å². The van der Waals surface area contributed by atoms with Crippen molar-refractivity contribution < 1.29 is 4.79 Å². The lowest BCUT2D eigenvalue weighted by molar-refractivity contribution is 0.102. The summed E-state index contributed by atoms with van der Waals surface area (Å²) < 4.78 is 1.41. The van der Waals surface area contributed by atoms with E-state index in [4.69, 9.17) is 11.6 Å². The molecule has 23 heavy (non-hydrogen) atoms. The first-order chi connectivity index (χ1) is 11.0. The van der Waals surface area contributed by atoms with E-state index in [-0.39, 0.29) is 11.2 Å². The predicted octanol–water partition coefficient (Wildman–Crippen LogP) is 2.61. The third kappa shape index (κ3) is 2.93. The highest BCUT2D eigenvalue weighted by molar-refractivity contribution is 6.29. The lowest BCUT2D eigenvalue weighted by Gasteiger charge is -2.10. The molecule has 0 saturated carbocycles. The number of pyridine rings is 2. The Morgan fingerprint density at radius 2 is 2.00 bits per heavy atom. The summed E-state index contributed by atoms with van der Waals surface area (Å²) in [5.74, 6) is -0.441. The van der Waals surface area contributed by atoms with Crippen LogP contribution < -0.4 is 10.9 Å². The molecule has 0 spiro atoms. The van der Waals surface area contributed by atoms with Gasteiger partial charge in [0.25, 0.3) is 11.5 Å². The molecule has 1 N–H and O–H groups in total. The van der Waals surface area contributed by atoms with Gasteiger partial charge in [-0.15, -0.1) is 0 Å². The lowest BCUT2D eigenvalue weighted by Crippen LogP contribution is -2.25. The van der Waals surface area contributed by atoms with Crippen LogP contribution in [0.2, 0.25) is 5.15 Å². The second kappa shape index (κ2) is 5.81. The van der Waals surface area contributed by atoms with Gasteiger partial charge in [-0.05, 0) is 37.6 Å². The predicted molar refractivity (Wildman–Crippen MR) is 88.1 cm³/mol. The molecular formula is C16H13ClN4O2. The van der Waals surface area contributed by atoms with Crippen LogP contribution in [0.5, 0.6) is 0 Å². The zero-order valence-electron chi connectivity index (χ0n) is 12.5. The van der Waals surface area contributed by atoms with E-state index >= 15 is 0 Å². The molecule has 1 amide bonds. The van der Waals surface area contributed by atoms with Gasteiger partial charge in [0.15, 0.2) is 0 Å². The molecule has 0 aliphatic carbocycles. The number of halogens is 1. The maximum absolute atomic E-state index is 12.6. The summed E-state index contributed by atoms with van der Waals surface area (Å²) in [6.07, 6.45) is 3.03. The molecule has 0 aliphatic heterocycles. The fraction of sp³-hybridized carbons (Fsp3) is 0.125. The van der Waals surface area contributed by atoms with E-state index in [0.29, 0.717) is 22.1 Å². The minimum Gasteiger partial charge on any atom is -0.316 e. The first kappa shape index (κ1) is 15.2. The number of fused-ring (bicyclic) bond motifs is 1. The van der Waals surface area contributed by atoms with E-state index in [1.807, 2.05) is 13.0 Å². The standard InChI is InChI=1S/C16H13ClN4O2/c1-9-3-6-13-19-10(2)14(16(23)21(13)8-9)20-15(22)11-4-5-12(17)18-7-11/h3-8H,1-2H3,(H,20,22). The van der Waals surface area contributed by atoms with Gasteiger partial charge in [-0.1, -0.05) is 17.7 Å². The fourth-order valence-corrected chi connectivity index (χ4v) is 2.31. The topological polar surface area (TPSA) is 76.4 Å². The minimum atomic E-state index is -0.441. The molecule has 0 fully saturated rings. The van der Waals surface area contributed by atoms with Gasteiger partial charge in [0.2, 0.25) is 0 Å². The van der Waals surface area contributed by atoms with E-state index < -0.39 is 5.91 Å². The van der Waals surface area contributed by atoms with Gasteiger partial charge in [-0.3, -0.25) is 14.0 Å². The molecule has 0 radical (unpaired) electrons. The summed E-state index contributed by atoms with van der Waals surface area (Å²) in [5, 5.41) is 2.90. The average molecular weight is 329 g/mol. The summed E-state index contributed by atoms with van der Waals surface area (Å²) in [7, 11) is 0. The third-order valence-electron chi connectivity index (χ3n) is 3.38. The van der Waals surface area contributed by atoms with E-state index in [0.717, 1.165) is 5.56 Å². The number of amides is 1. The van der Waals surface area contributed by atoms with Crippen LogP contribution in [0.1, 0.15) is 21.6 Å². The smallest absolute Gasteiger partial charge is 0.281 e. The summed E-state index contributed by atoms with van der Waals surface area (Å²) in [6, 6.07) is 6.69. The molecule has 0 atom stereocenters. The highest BCUT2D eigenvalue weighted by Gasteiger charge is 2.14. The Morgan fingerprint density at radius 3 is 2.70 bits per heavy atom. The Kier molecular flexibility index (Phi) is 3.83. The molecule has 7 heteroatoms. The number of aryl methyl sites for hydroxylation is 2.